The molecule has 0 saturated heterocycles. The Morgan fingerprint density at radius 1 is 1.64 bits per heavy atom. The third kappa shape index (κ3) is 2.09. The van der Waals surface area contributed by atoms with Gasteiger partial charge in [-0.3, -0.25) is 10.1 Å². The lowest BCUT2D eigenvalue weighted by molar-refractivity contribution is -0.385. The number of nitro benzene ring substituents is 1. The Morgan fingerprint density at radius 2 is 2.29 bits per heavy atom. The number of hydrogen-bond donors (Lipinski definition) is 2. The van der Waals surface area contributed by atoms with Crippen LogP contribution < -0.4 is 5.73 Å². The van der Waals surface area contributed by atoms with Gasteiger partial charge in [0.15, 0.2) is 0 Å². The number of halogens is 1. The van der Waals surface area contributed by atoms with Crippen molar-refractivity contribution in [2.75, 3.05) is 6.61 Å². The van der Waals surface area contributed by atoms with Crippen molar-refractivity contribution >= 4 is 21.6 Å². The molecule has 0 spiro atoms. The Morgan fingerprint density at radius 3 is 2.79 bits per heavy atom. The van der Waals surface area contributed by atoms with Crippen molar-refractivity contribution < 1.29 is 10.0 Å². The second-order valence-corrected chi connectivity index (χ2v) is 3.52. The molecule has 0 heterocycles. The van der Waals surface area contributed by atoms with E-state index in [0.717, 1.165) is 0 Å². The predicted octanol–water partition coefficient (Wildman–Crippen LogP) is 1.35. The molecule has 0 aliphatic carbocycles. The lowest BCUT2D eigenvalue weighted by atomic mass is 10.1. The summed E-state index contributed by atoms with van der Waals surface area (Å²) in [5, 5.41) is 19.4. The van der Waals surface area contributed by atoms with Crippen LogP contribution in [0.1, 0.15) is 11.6 Å². The molecule has 0 saturated carbocycles. The SMILES string of the molecule is N[C@H](CO)c1cccc([N+](=O)[O-])c1Br. The van der Waals surface area contributed by atoms with Gasteiger partial charge in [0.2, 0.25) is 0 Å². The van der Waals surface area contributed by atoms with Crippen molar-refractivity contribution in [1.29, 1.82) is 0 Å². The van der Waals surface area contributed by atoms with E-state index in [1.165, 1.54) is 12.1 Å². The van der Waals surface area contributed by atoms with Crippen molar-refractivity contribution in [2.45, 2.75) is 6.04 Å². The molecule has 0 aromatic heterocycles. The van der Waals surface area contributed by atoms with E-state index < -0.39 is 11.0 Å². The van der Waals surface area contributed by atoms with E-state index >= 15 is 0 Å². The lowest BCUT2D eigenvalue weighted by Crippen LogP contribution is -2.15. The fraction of sp³-hybridized carbons (Fsp3) is 0.250. The number of nitro groups is 1. The highest BCUT2D eigenvalue weighted by Crippen LogP contribution is 2.30. The molecule has 76 valence electrons. The van der Waals surface area contributed by atoms with E-state index in [0.29, 0.717) is 10.0 Å². The van der Waals surface area contributed by atoms with Gasteiger partial charge in [0.05, 0.1) is 17.6 Å². The summed E-state index contributed by atoms with van der Waals surface area (Å²) >= 11 is 3.09. The van der Waals surface area contributed by atoms with Gasteiger partial charge in [-0.25, -0.2) is 0 Å². The van der Waals surface area contributed by atoms with Crippen molar-refractivity contribution in [2.24, 2.45) is 5.73 Å². The number of aliphatic hydroxyl groups excluding tert-OH is 1. The van der Waals surface area contributed by atoms with Gasteiger partial charge in [0, 0.05) is 6.07 Å². The molecule has 6 heteroatoms. The van der Waals surface area contributed by atoms with E-state index in [4.69, 9.17) is 10.8 Å². The van der Waals surface area contributed by atoms with Crippen molar-refractivity contribution in [3.8, 4) is 0 Å². The summed E-state index contributed by atoms with van der Waals surface area (Å²) in [6.07, 6.45) is 0. The number of benzene rings is 1. The molecule has 0 radical (unpaired) electrons. The summed E-state index contributed by atoms with van der Waals surface area (Å²) < 4.78 is 0.326. The Balaban J connectivity index is 3.20. The third-order valence-corrected chi connectivity index (χ3v) is 2.67. The largest absolute Gasteiger partial charge is 0.394 e. The Labute approximate surface area is 88.8 Å². The van der Waals surface area contributed by atoms with Crippen molar-refractivity contribution in [3.63, 3.8) is 0 Å². The first-order chi connectivity index (χ1) is 6.57. The van der Waals surface area contributed by atoms with Gasteiger partial charge < -0.3 is 10.8 Å². The molecule has 0 aliphatic rings. The van der Waals surface area contributed by atoms with Crippen LogP contribution in [-0.2, 0) is 0 Å². The van der Waals surface area contributed by atoms with Gasteiger partial charge in [-0.05, 0) is 21.5 Å². The molecule has 0 bridgehead atoms. The minimum atomic E-state index is -0.607. The lowest BCUT2D eigenvalue weighted by Gasteiger charge is -2.10. The van der Waals surface area contributed by atoms with Crippen LogP contribution in [0.5, 0.6) is 0 Å². The maximum Gasteiger partial charge on any atom is 0.283 e. The Bertz CT molecular complexity index is 356. The average molecular weight is 261 g/mol. The van der Waals surface area contributed by atoms with E-state index in [1.807, 2.05) is 0 Å². The zero-order valence-corrected chi connectivity index (χ0v) is 8.77. The van der Waals surface area contributed by atoms with Gasteiger partial charge in [-0.1, -0.05) is 12.1 Å². The molecular formula is C8H9BrN2O3. The first kappa shape index (κ1) is 11.1. The average Bonchev–Trinajstić information content (AvgIpc) is 2.16. The van der Waals surface area contributed by atoms with Gasteiger partial charge in [-0.2, -0.15) is 0 Å². The monoisotopic (exact) mass is 260 g/mol. The first-order valence-electron chi connectivity index (χ1n) is 3.87. The molecule has 1 aromatic carbocycles. The molecule has 14 heavy (non-hydrogen) atoms. The van der Waals surface area contributed by atoms with Gasteiger partial charge >= 0.3 is 0 Å². The summed E-state index contributed by atoms with van der Waals surface area (Å²) in [6, 6.07) is 3.94. The van der Waals surface area contributed by atoms with Crippen molar-refractivity contribution in [3.05, 3.63) is 38.3 Å². The van der Waals surface area contributed by atoms with Crippen LogP contribution in [0.3, 0.4) is 0 Å². The van der Waals surface area contributed by atoms with Gasteiger partial charge in [0.1, 0.15) is 4.47 Å². The zero-order valence-electron chi connectivity index (χ0n) is 7.18. The number of rotatable bonds is 3. The summed E-state index contributed by atoms with van der Waals surface area (Å²) in [6.45, 7) is -0.250. The van der Waals surface area contributed by atoms with Crippen LogP contribution in [0.25, 0.3) is 0 Å². The standard InChI is InChI=1S/C8H9BrN2O3/c9-8-5(6(10)4-12)2-1-3-7(8)11(13)14/h1-3,6,12H,4,10H2/t6-/m1/s1. The van der Waals surface area contributed by atoms with Crippen LogP contribution in [0.4, 0.5) is 5.69 Å². The fourth-order valence-corrected chi connectivity index (χ4v) is 1.77. The maximum absolute atomic E-state index is 10.6. The molecule has 0 fully saturated rings. The zero-order chi connectivity index (χ0) is 10.7. The van der Waals surface area contributed by atoms with Gasteiger partial charge in [0.25, 0.3) is 5.69 Å². The van der Waals surface area contributed by atoms with Crippen LogP contribution in [0, 0.1) is 10.1 Å². The molecule has 1 atom stereocenters. The summed E-state index contributed by atoms with van der Waals surface area (Å²) in [5.74, 6) is 0. The maximum atomic E-state index is 10.6. The fourth-order valence-electron chi connectivity index (χ4n) is 1.06. The van der Waals surface area contributed by atoms with E-state index in [9.17, 15) is 10.1 Å². The van der Waals surface area contributed by atoms with Gasteiger partial charge in [-0.15, -0.1) is 0 Å². The third-order valence-electron chi connectivity index (χ3n) is 1.80. The minimum Gasteiger partial charge on any atom is -0.394 e. The molecule has 1 aromatic rings. The molecule has 5 nitrogen and oxygen atoms in total. The first-order valence-corrected chi connectivity index (χ1v) is 4.66. The molecule has 1 rings (SSSR count). The number of nitrogens with zero attached hydrogens (tertiary/aromatic N) is 1. The number of hydrogen-bond acceptors (Lipinski definition) is 4. The highest BCUT2D eigenvalue weighted by Gasteiger charge is 2.17. The molecule has 0 amide bonds. The molecular weight excluding hydrogens is 252 g/mol. The quantitative estimate of drug-likeness (QED) is 0.634. The summed E-state index contributed by atoms with van der Waals surface area (Å²) in [7, 11) is 0. The molecule has 0 unspecified atom stereocenters. The molecule has 3 N–H and O–H groups in total. The summed E-state index contributed by atoms with van der Waals surface area (Å²) in [5.41, 5.74) is 6.04. The van der Waals surface area contributed by atoms with E-state index in [-0.39, 0.29) is 12.3 Å². The normalized spacial score (nSPS) is 12.5. The Kier molecular flexibility index (Phi) is 3.56. The second-order valence-electron chi connectivity index (χ2n) is 2.73. The minimum absolute atomic E-state index is 0.0496. The second kappa shape index (κ2) is 4.50. The topological polar surface area (TPSA) is 89.4 Å². The Hall–Kier alpha value is -0.980. The predicted molar refractivity (Wildman–Crippen MR) is 54.8 cm³/mol. The van der Waals surface area contributed by atoms with Crippen LogP contribution >= 0.6 is 15.9 Å². The number of nitrogens with two attached hydrogens (primary N) is 1. The molecule has 0 aliphatic heterocycles. The highest BCUT2D eigenvalue weighted by molar-refractivity contribution is 9.10. The van der Waals surface area contributed by atoms with E-state index in [2.05, 4.69) is 15.9 Å². The number of aliphatic hydroxyl groups is 1. The van der Waals surface area contributed by atoms with Crippen LogP contribution in [0.2, 0.25) is 0 Å². The summed E-state index contributed by atoms with van der Waals surface area (Å²) in [4.78, 5) is 10.1. The van der Waals surface area contributed by atoms with Crippen LogP contribution in [-0.4, -0.2) is 16.6 Å². The smallest absolute Gasteiger partial charge is 0.283 e. The van der Waals surface area contributed by atoms with Crippen LogP contribution in [0.15, 0.2) is 22.7 Å². The highest BCUT2D eigenvalue weighted by atomic mass is 79.9. The van der Waals surface area contributed by atoms with Crippen molar-refractivity contribution in [1.82, 2.24) is 0 Å². The van der Waals surface area contributed by atoms with E-state index in [1.54, 1.807) is 6.07 Å².